The van der Waals surface area contributed by atoms with Crippen molar-refractivity contribution in [1.29, 1.82) is 0 Å². The second-order valence-corrected chi connectivity index (χ2v) is 6.36. The Morgan fingerprint density at radius 1 is 1.07 bits per heavy atom. The minimum Gasteiger partial charge on any atom is -0.435 e. The number of nitrogens with one attached hydrogen (secondary N) is 2. The summed E-state index contributed by atoms with van der Waals surface area (Å²) in [5.41, 5.74) is 2.06. The van der Waals surface area contributed by atoms with Gasteiger partial charge in [0, 0.05) is 27.2 Å². The Labute approximate surface area is 169 Å². The fourth-order valence-corrected chi connectivity index (χ4v) is 2.72. The molecule has 2 N–H and O–H groups in total. The van der Waals surface area contributed by atoms with Crippen molar-refractivity contribution in [1.82, 2.24) is 15.5 Å². The van der Waals surface area contributed by atoms with Crippen molar-refractivity contribution >= 4 is 11.9 Å². The molecule has 2 rings (SSSR count). The molecule has 0 aromatic heterocycles. The number of rotatable bonds is 9. The fraction of sp³-hybridized carbons (Fsp3) is 0.333. The summed E-state index contributed by atoms with van der Waals surface area (Å²) in [5, 5.41) is 5.89. The number of aliphatic imine (C=N–C) groups is 1. The molecule has 29 heavy (non-hydrogen) atoms. The Bertz CT molecular complexity index is 783. The van der Waals surface area contributed by atoms with Crippen LogP contribution in [0.15, 0.2) is 59.6 Å². The number of halogens is 2. The van der Waals surface area contributed by atoms with Crippen molar-refractivity contribution in [2.45, 2.75) is 19.6 Å². The van der Waals surface area contributed by atoms with Crippen LogP contribution < -0.4 is 15.4 Å². The number of hydrogen-bond acceptors (Lipinski definition) is 3. The van der Waals surface area contributed by atoms with Crippen LogP contribution in [0.1, 0.15) is 11.1 Å². The van der Waals surface area contributed by atoms with E-state index in [2.05, 4.69) is 20.4 Å². The number of amides is 1. The molecule has 0 spiro atoms. The van der Waals surface area contributed by atoms with Crippen LogP contribution in [-0.2, 0) is 17.8 Å². The molecule has 0 radical (unpaired) electrons. The molecule has 6 nitrogen and oxygen atoms in total. The van der Waals surface area contributed by atoms with Crippen LogP contribution >= 0.6 is 0 Å². The molecular formula is C21H26F2N4O2. The second kappa shape index (κ2) is 11.6. The van der Waals surface area contributed by atoms with Crippen molar-refractivity contribution in [3.05, 3.63) is 65.7 Å². The van der Waals surface area contributed by atoms with E-state index in [1.165, 1.54) is 17.7 Å². The predicted molar refractivity (Wildman–Crippen MR) is 109 cm³/mol. The topological polar surface area (TPSA) is 66.0 Å². The summed E-state index contributed by atoms with van der Waals surface area (Å²) in [7, 11) is 3.46. The lowest BCUT2D eigenvalue weighted by molar-refractivity contribution is -0.120. The zero-order valence-electron chi connectivity index (χ0n) is 16.6. The Kier molecular flexibility index (Phi) is 8.88. The van der Waals surface area contributed by atoms with Gasteiger partial charge in [-0.25, -0.2) is 0 Å². The number of carbonyl (C=O) groups excluding carboxylic acids is 1. The number of benzene rings is 2. The van der Waals surface area contributed by atoms with Gasteiger partial charge in [-0.3, -0.25) is 9.79 Å². The summed E-state index contributed by atoms with van der Waals surface area (Å²) in [6.07, 6.45) is 0.770. The van der Waals surface area contributed by atoms with Crippen LogP contribution in [0.5, 0.6) is 5.75 Å². The molecule has 2 aromatic rings. The van der Waals surface area contributed by atoms with E-state index in [-0.39, 0.29) is 18.2 Å². The van der Waals surface area contributed by atoms with Crippen LogP contribution in [0, 0.1) is 0 Å². The molecular weight excluding hydrogens is 378 g/mol. The maximum Gasteiger partial charge on any atom is 0.387 e. The summed E-state index contributed by atoms with van der Waals surface area (Å²) >= 11 is 0. The third-order valence-corrected chi connectivity index (χ3v) is 4.13. The highest BCUT2D eigenvalue weighted by Gasteiger charge is 2.10. The number of carbonyl (C=O) groups is 1. The fourth-order valence-electron chi connectivity index (χ4n) is 2.72. The van der Waals surface area contributed by atoms with Crippen LogP contribution in [-0.4, -0.2) is 50.6 Å². The van der Waals surface area contributed by atoms with Crippen LogP contribution in [0.25, 0.3) is 0 Å². The van der Waals surface area contributed by atoms with Crippen LogP contribution in [0.2, 0.25) is 0 Å². The van der Waals surface area contributed by atoms with Gasteiger partial charge in [-0.1, -0.05) is 42.5 Å². The monoisotopic (exact) mass is 404 g/mol. The van der Waals surface area contributed by atoms with E-state index >= 15 is 0 Å². The van der Waals surface area contributed by atoms with Gasteiger partial charge < -0.3 is 20.3 Å². The molecule has 0 atom stereocenters. The molecule has 8 heteroatoms. The molecule has 0 bridgehead atoms. The first-order chi connectivity index (χ1) is 14.0. The van der Waals surface area contributed by atoms with Gasteiger partial charge >= 0.3 is 6.61 Å². The van der Waals surface area contributed by atoms with Gasteiger partial charge in [0.2, 0.25) is 5.91 Å². The first-order valence-electron chi connectivity index (χ1n) is 9.24. The highest BCUT2D eigenvalue weighted by Crippen LogP contribution is 2.15. The first kappa shape index (κ1) is 22.1. The Hall–Kier alpha value is -3.16. The molecule has 1 amide bonds. The number of alkyl halides is 2. The zero-order chi connectivity index (χ0) is 21.1. The molecule has 0 fully saturated rings. The molecule has 2 aromatic carbocycles. The quantitative estimate of drug-likeness (QED) is 0.498. The molecule has 0 saturated carbocycles. The maximum atomic E-state index is 12.2. The molecule has 0 unspecified atom stereocenters. The minimum absolute atomic E-state index is 0.104. The molecule has 0 aliphatic carbocycles. The van der Waals surface area contributed by atoms with Crippen LogP contribution in [0.3, 0.4) is 0 Å². The van der Waals surface area contributed by atoms with Crippen molar-refractivity contribution in [2.24, 2.45) is 4.99 Å². The normalized spacial score (nSPS) is 11.3. The average Bonchev–Trinajstić information content (AvgIpc) is 2.70. The Morgan fingerprint density at radius 2 is 1.76 bits per heavy atom. The van der Waals surface area contributed by atoms with Gasteiger partial charge in [0.25, 0.3) is 0 Å². The van der Waals surface area contributed by atoms with Gasteiger partial charge in [0.1, 0.15) is 5.75 Å². The Balaban J connectivity index is 1.74. The number of hydrogen-bond donors (Lipinski definition) is 2. The zero-order valence-corrected chi connectivity index (χ0v) is 16.6. The van der Waals surface area contributed by atoms with E-state index in [0.29, 0.717) is 19.0 Å². The van der Waals surface area contributed by atoms with E-state index in [4.69, 9.17) is 0 Å². The molecule has 0 saturated heterocycles. The van der Waals surface area contributed by atoms with Crippen molar-refractivity contribution < 1.29 is 18.3 Å². The van der Waals surface area contributed by atoms with E-state index < -0.39 is 6.61 Å². The summed E-state index contributed by atoms with van der Waals surface area (Å²) in [5.74, 6) is 0.543. The first-order valence-corrected chi connectivity index (χ1v) is 9.24. The van der Waals surface area contributed by atoms with Gasteiger partial charge in [0.05, 0.1) is 6.54 Å². The van der Waals surface area contributed by atoms with Gasteiger partial charge in [-0.05, 0) is 29.7 Å². The van der Waals surface area contributed by atoms with E-state index in [9.17, 15) is 13.6 Å². The largest absolute Gasteiger partial charge is 0.435 e. The van der Waals surface area contributed by atoms with E-state index in [1.807, 2.05) is 42.3 Å². The lowest BCUT2D eigenvalue weighted by Crippen LogP contribution is -2.44. The molecule has 156 valence electrons. The SMILES string of the molecule is CN=C(NCC(=O)NCCc1ccccc1)N(C)Cc1ccc(OC(F)F)cc1. The number of nitrogens with zero attached hydrogens (tertiary/aromatic N) is 2. The number of guanidine groups is 1. The van der Waals surface area contributed by atoms with Crippen LogP contribution in [0.4, 0.5) is 8.78 Å². The van der Waals surface area contributed by atoms with E-state index in [1.54, 1.807) is 19.2 Å². The molecule has 0 aliphatic rings. The smallest absolute Gasteiger partial charge is 0.387 e. The lowest BCUT2D eigenvalue weighted by atomic mass is 10.1. The Morgan fingerprint density at radius 3 is 2.38 bits per heavy atom. The average molecular weight is 404 g/mol. The summed E-state index contributed by atoms with van der Waals surface area (Å²) in [6.45, 7) is -1.69. The molecule has 0 heterocycles. The highest BCUT2D eigenvalue weighted by molar-refractivity contribution is 5.86. The second-order valence-electron chi connectivity index (χ2n) is 6.36. The van der Waals surface area contributed by atoms with Gasteiger partial charge in [-0.2, -0.15) is 8.78 Å². The van der Waals surface area contributed by atoms with E-state index in [0.717, 1.165) is 12.0 Å². The van der Waals surface area contributed by atoms with Crippen molar-refractivity contribution in [3.63, 3.8) is 0 Å². The van der Waals surface area contributed by atoms with Gasteiger partial charge in [-0.15, -0.1) is 0 Å². The van der Waals surface area contributed by atoms with Crippen molar-refractivity contribution in [3.8, 4) is 5.75 Å². The van der Waals surface area contributed by atoms with Gasteiger partial charge in [0.15, 0.2) is 5.96 Å². The summed E-state index contributed by atoms with van der Waals surface area (Å²) in [6, 6.07) is 16.3. The predicted octanol–water partition coefficient (Wildman–Crippen LogP) is 2.65. The summed E-state index contributed by atoms with van der Waals surface area (Å²) in [4.78, 5) is 18.0. The lowest BCUT2D eigenvalue weighted by Gasteiger charge is -2.22. The minimum atomic E-state index is -2.84. The highest BCUT2D eigenvalue weighted by atomic mass is 19.3. The molecule has 0 aliphatic heterocycles. The van der Waals surface area contributed by atoms with Crippen molar-refractivity contribution in [2.75, 3.05) is 27.2 Å². The third-order valence-electron chi connectivity index (χ3n) is 4.13. The number of ether oxygens (including phenoxy) is 1. The summed E-state index contributed by atoms with van der Waals surface area (Å²) < 4.78 is 28.8. The maximum absolute atomic E-state index is 12.2. The standard InChI is InChI=1S/C21H26F2N4O2/c1-24-21(26-14-19(28)25-13-12-16-6-4-3-5-7-16)27(2)15-17-8-10-18(11-9-17)29-20(22)23/h3-11,20H,12-15H2,1-2H3,(H,24,26)(H,25,28). The third kappa shape index (κ3) is 8.16.